The molecule has 0 aromatic carbocycles. The summed E-state index contributed by atoms with van der Waals surface area (Å²) in [6.07, 6.45) is 3.79. The van der Waals surface area contributed by atoms with Crippen molar-refractivity contribution in [2.75, 3.05) is 39.9 Å². The number of likely N-dealkylation sites (N-methyl/N-ethyl adjacent to an activating group) is 1. The van der Waals surface area contributed by atoms with Crippen molar-refractivity contribution < 1.29 is 14.3 Å². The predicted molar refractivity (Wildman–Crippen MR) is 63.2 cm³/mol. The molecule has 0 aromatic heterocycles. The zero-order valence-corrected chi connectivity index (χ0v) is 10.3. The fourth-order valence-electron chi connectivity index (χ4n) is 2.22. The molecule has 5 nitrogen and oxygen atoms in total. The summed E-state index contributed by atoms with van der Waals surface area (Å²) in [4.78, 5) is 13.7. The molecule has 2 aliphatic rings. The highest BCUT2D eigenvalue weighted by Gasteiger charge is 2.22. The molecule has 1 fully saturated rings. The lowest BCUT2D eigenvalue weighted by Crippen LogP contribution is -2.40. The Morgan fingerprint density at radius 3 is 3.12 bits per heavy atom. The molecule has 0 bridgehead atoms. The molecule has 1 atom stereocenters. The van der Waals surface area contributed by atoms with Gasteiger partial charge < -0.3 is 19.7 Å². The van der Waals surface area contributed by atoms with E-state index < -0.39 is 0 Å². The zero-order valence-electron chi connectivity index (χ0n) is 10.3. The second kappa shape index (κ2) is 5.91. The van der Waals surface area contributed by atoms with Crippen LogP contribution in [0, 0.1) is 5.92 Å². The van der Waals surface area contributed by atoms with E-state index in [1.165, 1.54) is 19.1 Å². The van der Waals surface area contributed by atoms with Crippen molar-refractivity contribution in [3.8, 4) is 0 Å². The number of nitrogens with one attached hydrogen (secondary N) is 1. The van der Waals surface area contributed by atoms with Gasteiger partial charge in [0.15, 0.2) is 0 Å². The van der Waals surface area contributed by atoms with Crippen LogP contribution in [0.2, 0.25) is 0 Å². The Hall–Kier alpha value is -1.23. The predicted octanol–water partition coefficient (Wildman–Crippen LogP) is 0.333. The Kier molecular flexibility index (Phi) is 4.25. The van der Waals surface area contributed by atoms with E-state index in [0.717, 1.165) is 19.6 Å². The molecule has 0 saturated carbocycles. The highest BCUT2D eigenvalue weighted by molar-refractivity contribution is 5.91. The molecule has 2 heterocycles. The largest absolute Gasteiger partial charge is 0.494 e. The number of hydrogen-bond donors (Lipinski definition) is 1. The van der Waals surface area contributed by atoms with Crippen molar-refractivity contribution >= 4 is 5.91 Å². The van der Waals surface area contributed by atoms with E-state index in [4.69, 9.17) is 9.47 Å². The summed E-state index contributed by atoms with van der Waals surface area (Å²) in [7, 11) is 1.82. The third-order valence-corrected chi connectivity index (χ3v) is 3.14. The molecule has 96 valence electrons. The number of amides is 1. The van der Waals surface area contributed by atoms with E-state index in [9.17, 15) is 4.79 Å². The fraction of sp³-hybridized carbons (Fsp3) is 0.750. The van der Waals surface area contributed by atoms with Gasteiger partial charge >= 0.3 is 0 Å². The van der Waals surface area contributed by atoms with Crippen LogP contribution in [0.25, 0.3) is 0 Å². The van der Waals surface area contributed by atoms with Crippen LogP contribution in [-0.2, 0) is 14.3 Å². The summed E-state index contributed by atoms with van der Waals surface area (Å²) in [5, 5.41) is 3.35. The SMILES string of the molecule is CN(CC1CCCNC1)C(=O)C1=COCCO1. The Morgan fingerprint density at radius 1 is 1.59 bits per heavy atom. The van der Waals surface area contributed by atoms with Crippen molar-refractivity contribution in [3.63, 3.8) is 0 Å². The summed E-state index contributed by atoms with van der Waals surface area (Å²) in [6.45, 7) is 3.83. The molecule has 1 saturated heterocycles. The van der Waals surface area contributed by atoms with E-state index in [1.54, 1.807) is 4.90 Å². The quantitative estimate of drug-likeness (QED) is 0.772. The fourth-order valence-corrected chi connectivity index (χ4v) is 2.22. The van der Waals surface area contributed by atoms with Crippen molar-refractivity contribution in [2.24, 2.45) is 5.92 Å². The number of carbonyl (C=O) groups is 1. The second-order valence-corrected chi connectivity index (χ2v) is 4.60. The molecule has 17 heavy (non-hydrogen) atoms. The standard InChI is InChI=1S/C12H20N2O3/c1-14(8-10-3-2-4-13-7-10)12(15)11-9-16-5-6-17-11/h9-10,13H,2-8H2,1H3. The van der Waals surface area contributed by atoms with Crippen LogP contribution >= 0.6 is 0 Å². The first-order valence-electron chi connectivity index (χ1n) is 6.18. The van der Waals surface area contributed by atoms with E-state index in [2.05, 4.69) is 5.32 Å². The van der Waals surface area contributed by atoms with Gasteiger partial charge in [-0.05, 0) is 31.8 Å². The minimum atomic E-state index is -0.0877. The lowest BCUT2D eigenvalue weighted by Gasteiger charge is -2.28. The Balaban J connectivity index is 1.83. The maximum atomic E-state index is 12.0. The second-order valence-electron chi connectivity index (χ2n) is 4.60. The Bertz CT molecular complexity index is 298. The van der Waals surface area contributed by atoms with Gasteiger partial charge in [-0.1, -0.05) is 0 Å². The summed E-state index contributed by atoms with van der Waals surface area (Å²) in [5.74, 6) is 0.778. The molecule has 0 spiro atoms. The third kappa shape index (κ3) is 3.36. The van der Waals surface area contributed by atoms with Gasteiger partial charge in [-0.3, -0.25) is 4.79 Å². The van der Waals surface area contributed by atoms with Crippen molar-refractivity contribution in [1.82, 2.24) is 10.2 Å². The average molecular weight is 240 g/mol. The molecule has 0 radical (unpaired) electrons. The van der Waals surface area contributed by atoms with Crippen LogP contribution in [0.1, 0.15) is 12.8 Å². The van der Waals surface area contributed by atoms with Gasteiger partial charge in [0.25, 0.3) is 5.91 Å². The topological polar surface area (TPSA) is 50.8 Å². The lowest BCUT2D eigenvalue weighted by atomic mass is 9.99. The average Bonchev–Trinajstić information content (AvgIpc) is 2.40. The van der Waals surface area contributed by atoms with E-state index in [1.807, 2.05) is 7.05 Å². The zero-order chi connectivity index (χ0) is 12.1. The number of piperidine rings is 1. The molecule has 2 aliphatic heterocycles. The number of nitrogens with zero attached hydrogens (tertiary/aromatic N) is 1. The normalized spacial score (nSPS) is 24.3. The van der Waals surface area contributed by atoms with Crippen LogP contribution in [0.15, 0.2) is 12.0 Å². The molecule has 5 heteroatoms. The molecule has 1 amide bonds. The van der Waals surface area contributed by atoms with Gasteiger partial charge in [-0.2, -0.15) is 0 Å². The maximum absolute atomic E-state index is 12.0. The van der Waals surface area contributed by atoms with Crippen molar-refractivity contribution in [1.29, 1.82) is 0 Å². The van der Waals surface area contributed by atoms with E-state index in [0.29, 0.717) is 24.9 Å². The van der Waals surface area contributed by atoms with Gasteiger partial charge in [0.05, 0.1) is 0 Å². The van der Waals surface area contributed by atoms with Gasteiger partial charge in [0.2, 0.25) is 5.76 Å². The van der Waals surface area contributed by atoms with Gasteiger partial charge in [0, 0.05) is 13.6 Å². The molecular formula is C12H20N2O3. The first-order chi connectivity index (χ1) is 8.27. The van der Waals surface area contributed by atoms with Crippen molar-refractivity contribution in [2.45, 2.75) is 12.8 Å². The van der Waals surface area contributed by atoms with Crippen LogP contribution in [-0.4, -0.2) is 50.7 Å². The molecular weight excluding hydrogens is 220 g/mol. The van der Waals surface area contributed by atoms with E-state index >= 15 is 0 Å². The Morgan fingerprint density at radius 2 is 2.47 bits per heavy atom. The van der Waals surface area contributed by atoms with E-state index in [-0.39, 0.29) is 5.91 Å². The maximum Gasteiger partial charge on any atom is 0.291 e. The first kappa shape index (κ1) is 12.2. The molecule has 1 unspecified atom stereocenters. The summed E-state index contributed by atoms with van der Waals surface area (Å²) in [6, 6.07) is 0. The monoisotopic (exact) mass is 240 g/mol. The van der Waals surface area contributed by atoms with Crippen LogP contribution in [0.4, 0.5) is 0 Å². The summed E-state index contributed by atoms with van der Waals surface area (Å²) < 4.78 is 10.4. The highest BCUT2D eigenvalue weighted by Crippen LogP contribution is 2.13. The molecule has 1 N–H and O–H groups in total. The molecule has 2 rings (SSSR count). The molecule has 0 aromatic rings. The smallest absolute Gasteiger partial charge is 0.291 e. The minimum absolute atomic E-state index is 0.0877. The van der Waals surface area contributed by atoms with Gasteiger partial charge in [0.1, 0.15) is 19.5 Å². The lowest BCUT2D eigenvalue weighted by molar-refractivity contribution is -0.131. The van der Waals surface area contributed by atoms with Crippen molar-refractivity contribution in [3.05, 3.63) is 12.0 Å². The number of hydrogen-bond acceptors (Lipinski definition) is 4. The molecule has 0 aliphatic carbocycles. The van der Waals surface area contributed by atoms with Crippen LogP contribution in [0.5, 0.6) is 0 Å². The van der Waals surface area contributed by atoms with Crippen LogP contribution in [0.3, 0.4) is 0 Å². The van der Waals surface area contributed by atoms with Gasteiger partial charge in [-0.25, -0.2) is 0 Å². The highest BCUT2D eigenvalue weighted by atomic mass is 16.6. The Labute approximate surface area is 102 Å². The van der Waals surface area contributed by atoms with Gasteiger partial charge in [-0.15, -0.1) is 0 Å². The summed E-state index contributed by atoms with van der Waals surface area (Å²) in [5.41, 5.74) is 0. The number of ether oxygens (including phenoxy) is 2. The number of carbonyl (C=O) groups excluding carboxylic acids is 1. The minimum Gasteiger partial charge on any atom is -0.494 e. The number of rotatable bonds is 3. The first-order valence-corrected chi connectivity index (χ1v) is 6.18. The van der Waals surface area contributed by atoms with Crippen LogP contribution < -0.4 is 5.32 Å². The summed E-state index contributed by atoms with van der Waals surface area (Å²) >= 11 is 0. The third-order valence-electron chi connectivity index (χ3n) is 3.14.